The monoisotopic (exact) mass is 436 g/mol. The van der Waals surface area contributed by atoms with E-state index >= 15 is 0 Å². The van der Waals surface area contributed by atoms with Gasteiger partial charge in [-0.2, -0.15) is 0 Å². The van der Waals surface area contributed by atoms with Crippen molar-refractivity contribution in [3.8, 4) is 5.69 Å². The summed E-state index contributed by atoms with van der Waals surface area (Å²) in [6.45, 7) is 7.90. The second kappa shape index (κ2) is 8.87. The molecule has 0 aliphatic carbocycles. The maximum absolute atomic E-state index is 13.1. The summed E-state index contributed by atoms with van der Waals surface area (Å²) in [5.74, 6) is 1.12. The quantitative estimate of drug-likeness (QED) is 0.621. The highest BCUT2D eigenvalue weighted by molar-refractivity contribution is 7.99. The van der Waals surface area contributed by atoms with Crippen LogP contribution in [-0.2, 0) is 14.6 Å². The number of carbonyl (C=O) groups is 1. The third-order valence-electron chi connectivity index (χ3n) is 5.34. The van der Waals surface area contributed by atoms with E-state index in [1.807, 2.05) is 50.5 Å². The van der Waals surface area contributed by atoms with Gasteiger partial charge in [-0.15, -0.1) is 10.2 Å². The van der Waals surface area contributed by atoms with Crippen molar-refractivity contribution in [3.05, 3.63) is 35.7 Å². The summed E-state index contributed by atoms with van der Waals surface area (Å²) in [5, 5.41) is 9.09. The molecule has 29 heavy (non-hydrogen) atoms. The Labute approximate surface area is 176 Å². The number of hydrogen-bond donors (Lipinski definition) is 0. The van der Waals surface area contributed by atoms with Crippen LogP contribution in [0.3, 0.4) is 0 Å². The van der Waals surface area contributed by atoms with Gasteiger partial charge in [0.2, 0.25) is 5.91 Å². The summed E-state index contributed by atoms with van der Waals surface area (Å²) in [6, 6.07) is 7.81. The molecule has 0 N–H and O–H groups in total. The van der Waals surface area contributed by atoms with Gasteiger partial charge in [-0.05, 0) is 51.3 Å². The summed E-state index contributed by atoms with van der Waals surface area (Å²) in [5.41, 5.74) is 2.09. The maximum Gasteiger partial charge on any atom is 0.233 e. The summed E-state index contributed by atoms with van der Waals surface area (Å²) in [6.07, 6.45) is 1.30. The normalized spacial score (nSPS) is 19.2. The highest BCUT2D eigenvalue weighted by Crippen LogP contribution is 2.26. The largest absolute Gasteiger partial charge is 0.335 e. The number of benzene rings is 1. The lowest BCUT2D eigenvalue weighted by molar-refractivity contribution is -0.132. The number of carbonyl (C=O) groups excluding carboxylic acids is 1. The molecule has 1 fully saturated rings. The fourth-order valence-electron chi connectivity index (χ4n) is 3.70. The van der Waals surface area contributed by atoms with E-state index in [4.69, 9.17) is 0 Å². The molecule has 1 amide bonds. The van der Waals surface area contributed by atoms with Crippen molar-refractivity contribution in [2.24, 2.45) is 0 Å². The first-order valence-corrected chi connectivity index (χ1v) is 12.7. The van der Waals surface area contributed by atoms with Crippen LogP contribution in [0.15, 0.2) is 29.4 Å². The summed E-state index contributed by atoms with van der Waals surface area (Å²) >= 11 is 1.34. The molecule has 1 aliphatic heterocycles. The van der Waals surface area contributed by atoms with Crippen molar-refractivity contribution < 1.29 is 13.2 Å². The molecule has 2 heterocycles. The topological polar surface area (TPSA) is 85.2 Å². The van der Waals surface area contributed by atoms with E-state index < -0.39 is 9.84 Å². The lowest BCUT2D eigenvalue weighted by Gasteiger charge is -2.33. The van der Waals surface area contributed by atoms with Crippen LogP contribution in [0.25, 0.3) is 5.69 Å². The Balaban J connectivity index is 1.77. The molecule has 0 saturated carbocycles. The van der Waals surface area contributed by atoms with Crippen molar-refractivity contribution >= 4 is 27.5 Å². The van der Waals surface area contributed by atoms with E-state index in [-0.39, 0.29) is 35.2 Å². The molecule has 1 aromatic carbocycles. The smallest absolute Gasteiger partial charge is 0.233 e. The molecule has 1 saturated heterocycles. The number of aromatic nitrogens is 3. The lowest BCUT2D eigenvalue weighted by Crippen LogP contribution is -2.47. The summed E-state index contributed by atoms with van der Waals surface area (Å²) in [4.78, 5) is 14.9. The van der Waals surface area contributed by atoms with Gasteiger partial charge in [-0.1, -0.05) is 30.8 Å². The SMILES string of the molecule is CCC(C)N(C(=O)CSc1nnc(C)n1-c1cccc(C)c1)C1CCS(=O)(=O)C1. The molecule has 0 bridgehead atoms. The number of amides is 1. The standard InChI is InChI=1S/C20H28N4O3S2/c1-5-15(3)23(18-9-10-29(26,27)13-18)19(25)12-28-20-22-21-16(4)24(20)17-8-6-7-14(2)11-17/h6-8,11,15,18H,5,9-10,12-13H2,1-4H3. The lowest BCUT2D eigenvalue weighted by atomic mass is 10.1. The third-order valence-corrected chi connectivity index (χ3v) is 8.00. The number of aryl methyl sites for hydroxylation is 2. The van der Waals surface area contributed by atoms with E-state index in [2.05, 4.69) is 16.3 Å². The van der Waals surface area contributed by atoms with Crippen LogP contribution in [0, 0.1) is 13.8 Å². The minimum atomic E-state index is -3.05. The molecule has 2 atom stereocenters. The number of hydrogen-bond acceptors (Lipinski definition) is 6. The van der Waals surface area contributed by atoms with Gasteiger partial charge in [-0.3, -0.25) is 9.36 Å². The van der Waals surface area contributed by atoms with Gasteiger partial charge in [0.05, 0.1) is 17.3 Å². The average molecular weight is 437 g/mol. The Morgan fingerprint density at radius 1 is 1.34 bits per heavy atom. The highest BCUT2D eigenvalue weighted by atomic mass is 32.2. The molecule has 2 unspecified atom stereocenters. The van der Waals surface area contributed by atoms with Gasteiger partial charge in [0.15, 0.2) is 15.0 Å². The first-order chi connectivity index (χ1) is 13.7. The van der Waals surface area contributed by atoms with Gasteiger partial charge in [0, 0.05) is 17.8 Å². The molecular weight excluding hydrogens is 408 g/mol. The predicted octanol–water partition coefficient (Wildman–Crippen LogP) is 2.79. The Bertz CT molecular complexity index is 987. The fraction of sp³-hybridized carbons (Fsp3) is 0.550. The Morgan fingerprint density at radius 2 is 2.10 bits per heavy atom. The molecule has 2 aromatic rings. The van der Waals surface area contributed by atoms with E-state index in [0.29, 0.717) is 11.6 Å². The van der Waals surface area contributed by atoms with E-state index in [9.17, 15) is 13.2 Å². The van der Waals surface area contributed by atoms with Gasteiger partial charge >= 0.3 is 0 Å². The van der Waals surface area contributed by atoms with E-state index in [1.165, 1.54) is 11.8 Å². The minimum Gasteiger partial charge on any atom is -0.335 e. The first-order valence-electron chi connectivity index (χ1n) is 9.85. The van der Waals surface area contributed by atoms with Gasteiger partial charge < -0.3 is 4.90 Å². The second-order valence-electron chi connectivity index (χ2n) is 7.61. The highest BCUT2D eigenvalue weighted by Gasteiger charge is 2.36. The minimum absolute atomic E-state index is 0.00206. The van der Waals surface area contributed by atoms with Crippen molar-refractivity contribution in [1.29, 1.82) is 0 Å². The Morgan fingerprint density at radius 3 is 2.72 bits per heavy atom. The summed E-state index contributed by atoms with van der Waals surface area (Å²) < 4.78 is 25.8. The van der Waals surface area contributed by atoms with Crippen LogP contribution in [0.2, 0.25) is 0 Å². The number of thioether (sulfide) groups is 1. The zero-order valence-corrected chi connectivity index (χ0v) is 19.0. The Hall–Kier alpha value is -1.87. The first kappa shape index (κ1) is 21.8. The molecule has 9 heteroatoms. The van der Waals surface area contributed by atoms with Crippen LogP contribution >= 0.6 is 11.8 Å². The van der Waals surface area contributed by atoms with E-state index in [1.54, 1.807) is 4.90 Å². The zero-order valence-electron chi connectivity index (χ0n) is 17.3. The second-order valence-corrected chi connectivity index (χ2v) is 10.8. The van der Waals surface area contributed by atoms with Crippen LogP contribution in [0.5, 0.6) is 0 Å². The molecule has 7 nitrogen and oxygen atoms in total. The number of sulfone groups is 1. The van der Waals surface area contributed by atoms with Gasteiger partial charge in [-0.25, -0.2) is 8.42 Å². The molecule has 1 aromatic heterocycles. The average Bonchev–Trinajstić information content (AvgIpc) is 3.21. The number of nitrogens with zero attached hydrogens (tertiary/aromatic N) is 4. The van der Waals surface area contributed by atoms with E-state index in [0.717, 1.165) is 23.5 Å². The molecule has 0 radical (unpaired) electrons. The zero-order chi connectivity index (χ0) is 21.2. The molecule has 1 aliphatic rings. The number of rotatable bonds is 7. The fourth-order valence-corrected chi connectivity index (χ4v) is 6.28. The molecule has 158 valence electrons. The van der Waals surface area contributed by atoms with Crippen LogP contribution in [-0.4, -0.2) is 63.3 Å². The van der Waals surface area contributed by atoms with Crippen molar-refractivity contribution in [2.75, 3.05) is 17.3 Å². The van der Waals surface area contributed by atoms with Gasteiger partial charge in [0.25, 0.3) is 0 Å². The maximum atomic E-state index is 13.1. The molecule has 0 spiro atoms. The summed E-state index contributed by atoms with van der Waals surface area (Å²) in [7, 11) is -3.05. The molecule has 3 rings (SSSR count). The van der Waals surface area contributed by atoms with Crippen molar-refractivity contribution in [1.82, 2.24) is 19.7 Å². The third kappa shape index (κ3) is 5.01. The predicted molar refractivity (Wildman–Crippen MR) is 115 cm³/mol. The van der Waals surface area contributed by atoms with Crippen LogP contribution < -0.4 is 0 Å². The van der Waals surface area contributed by atoms with Crippen LogP contribution in [0.4, 0.5) is 0 Å². The van der Waals surface area contributed by atoms with Gasteiger partial charge in [0.1, 0.15) is 5.82 Å². The molecular formula is C20H28N4O3S2. The van der Waals surface area contributed by atoms with Crippen molar-refractivity contribution in [3.63, 3.8) is 0 Å². The van der Waals surface area contributed by atoms with Crippen LogP contribution in [0.1, 0.15) is 38.1 Å². The van der Waals surface area contributed by atoms with Crippen molar-refractivity contribution in [2.45, 2.75) is 57.8 Å². The Kier molecular flexibility index (Phi) is 6.68.